The summed E-state index contributed by atoms with van der Waals surface area (Å²) in [5.41, 5.74) is 5.69. The number of nitrogens with two attached hydrogens (primary N) is 1. The maximum absolute atomic E-state index is 8.70. The van der Waals surface area contributed by atoms with Gasteiger partial charge in [-0.15, -0.1) is 0 Å². The van der Waals surface area contributed by atoms with E-state index in [1.54, 1.807) is 12.1 Å². The molecule has 80 valence electrons. The zero-order valence-electron chi connectivity index (χ0n) is 7.96. The molecule has 0 aliphatic rings. The maximum atomic E-state index is 8.70. The molecule has 3 N–H and O–H groups in total. The Labute approximate surface area is 85.7 Å². The molecule has 0 aliphatic carbocycles. The van der Waals surface area contributed by atoms with Crippen molar-refractivity contribution < 1.29 is 14.0 Å². The lowest BCUT2D eigenvalue weighted by molar-refractivity contribution is 0.259. The van der Waals surface area contributed by atoms with Gasteiger partial charge in [0.1, 0.15) is 0 Å². The lowest BCUT2D eigenvalue weighted by atomic mass is 10.2. The van der Waals surface area contributed by atoms with Gasteiger partial charge in [-0.1, -0.05) is 5.16 Å². The van der Waals surface area contributed by atoms with Gasteiger partial charge < -0.3 is 19.8 Å². The van der Waals surface area contributed by atoms with Crippen LogP contribution in [-0.2, 0) is 0 Å². The molecule has 0 fully saturated rings. The molecule has 0 radical (unpaired) electrons. The number of aliphatic hydroxyl groups excluding tert-OH is 1. The Balaban J connectivity index is 2.17. The largest absolute Gasteiger partial charge is 0.461 e. The van der Waals surface area contributed by atoms with Crippen LogP contribution in [0.5, 0.6) is 0 Å². The van der Waals surface area contributed by atoms with Crippen molar-refractivity contribution in [3.63, 3.8) is 0 Å². The van der Waals surface area contributed by atoms with Gasteiger partial charge in [0.25, 0.3) is 0 Å². The monoisotopic (exact) mass is 209 g/mol. The Kier molecular flexibility index (Phi) is 2.79. The molecule has 2 rings (SSSR count). The molecular weight excluding hydrogens is 198 g/mol. The van der Waals surface area contributed by atoms with Gasteiger partial charge in [0.15, 0.2) is 5.76 Å². The van der Waals surface area contributed by atoms with E-state index in [-0.39, 0.29) is 6.61 Å². The second kappa shape index (κ2) is 4.24. The van der Waals surface area contributed by atoms with Crippen LogP contribution in [0.3, 0.4) is 0 Å². The average Bonchev–Trinajstić information content (AvgIpc) is 2.89. The van der Waals surface area contributed by atoms with Crippen LogP contribution < -0.4 is 5.73 Å². The van der Waals surface area contributed by atoms with E-state index in [2.05, 4.69) is 10.1 Å². The number of aliphatic hydroxyl groups is 1. The number of furan rings is 1. The van der Waals surface area contributed by atoms with Crippen molar-refractivity contribution in [1.82, 2.24) is 10.1 Å². The van der Waals surface area contributed by atoms with E-state index in [4.69, 9.17) is 19.8 Å². The fraction of sp³-hybridized carbons (Fsp3) is 0.333. The number of nitrogens with zero attached hydrogens (tertiary/aromatic N) is 2. The van der Waals surface area contributed by atoms with Crippen LogP contribution >= 0.6 is 0 Å². The van der Waals surface area contributed by atoms with Crippen LogP contribution in [-0.4, -0.2) is 21.9 Å². The first-order chi connectivity index (χ1) is 7.31. The fourth-order valence-corrected chi connectivity index (χ4v) is 1.15. The number of rotatable bonds is 4. The van der Waals surface area contributed by atoms with Gasteiger partial charge in [0.05, 0.1) is 12.3 Å². The van der Waals surface area contributed by atoms with Crippen LogP contribution in [0.25, 0.3) is 11.6 Å². The van der Waals surface area contributed by atoms with Gasteiger partial charge >= 0.3 is 0 Å². The molecule has 2 aromatic heterocycles. The van der Waals surface area contributed by atoms with Crippen molar-refractivity contribution in [2.24, 2.45) is 5.73 Å². The number of aromatic nitrogens is 2. The smallest absolute Gasteiger partial charge is 0.244 e. The molecule has 6 heteroatoms. The molecule has 2 heterocycles. The number of hydrogen-bond donors (Lipinski definition) is 2. The van der Waals surface area contributed by atoms with E-state index < -0.39 is 6.04 Å². The lowest BCUT2D eigenvalue weighted by Crippen LogP contribution is -2.12. The Morgan fingerprint density at radius 2 is 2.40 bits per heavy atom. The minimum absolute atomic E-state index is 0.0143. The van der Waals surface area contributed by atoms with E-state index in [9.17, 15) is 0 Å². The molecular formula is C9H11N3O3. The maximum Gasteiger partial charge on any atom is 0.244 e. The van der Waals surface area contributed by atoms with Gasteiger partial charge in [-0.3, -0.25) is 0 Å². The SMILES string of the molecule is NC(CCO)c1nc(-c2ccco2)no1. The van der Waals surface area contributed by atoms with E-state index in [0.29, 0.717) is 23.9 Å². The molecule has 15 heavy (non-hydrogen) atoms. The van der Waals surface area contributed by atoms with E-state index in [1.165, 1.54) is 6.26 Å². The first-order valence-electron chi connectivity index (χ1n) is 4.55. The Hall–Kier alpha value is -1.66. The van der Waals surface area contributed by atoms with Crippen LogP contribution in [0.4, 0.5) is 0 Å². The molecule has 2 aromatic rings. The molecule has 0 amide bonds. The summed E-state index contributed by atoms with van der Waals surface area (Å²) in [7, 11) is 0. The van der Waals surface area contributed by atoms with Crippen molar-refractivity contribution in [2.75, 3.05) is 6.61 Å². The summed E-state index contributed by atoms with van der Waals surface area (Å²) in [5.74, 6) is 1.19. The molecule has 0 saturated carbocycles. The average molecular weight is 209 g/mol. The molecule has 0 saturated heterocycles. The highest BCUT2D eigenvalue weighted by Gasteiger charge is 2.16. The van der Waals surface area contributed by atoms with Gasteiger partial charge in [0.2, 0.25) is 11.7 Å². The summed E-state index contributed by atoms with van der Waals surface area (Å²) in [6, 6.07) is 3.02. The van der Waals surface area contributed by atoms with Crippen molar-refractivity contribution in [3.05, 3.63) is 24.3 Å². The van der Waals surface area contributed by atoms with Crippen molar-refractivity contribution in [2.45, 2.75) is 12.5 Å². The Bertz CT molecular complexity index is 410. The van der Waals surface area contributed by atoms with Crippen LogP contribution in [0, 0.1) is 0 Å². The van der Waals surface area contributed by atoms with Gasteiger partial charge in [0, 0.05) is 6.61 Å². The van der Waals surface area contributed by atoms with E-state index in [1.807, 2.05) is 0 Å². The highest BCUT2D eigenvalue weighted by atomic mass is 16.5. The van der Waals surface area contributed by atoms with Crippen molar-refractivity contribution in [1.29, 1.82) is 0 Å². The highest BCUT2D eigenvalue weighted by Crippen LogP contribution is 2.18. The first-order valence-corrected chi connectivity index (χ1v) is 4.55. The lowest BCUT2D eigenvalue weighted by Gasteiger charge is -2.01. The number of hydrogen-bond acceptors (Lipinski definition) is 6. The Morgan fingerprint density at radius 3 is 3.07 bits per heavy atom. The topological polar surface area (TPSA) is 98.3 Å². The second-order valence-electron chi connectivity index (χ2n) is 3.05. The van der Waals surface area contributed by atoms with E-state index >= 15 is 0 Å². The Morgan fingerprint density at radius 1 is 1.53 bits per heavy atom. The molecule has 0 spiro atoms. The normalized spacial score (nSPS) is 12.9. The zero-order chi connectivity index (χ0) is 10.7. The predicted octanol–water partition coefficient (Wildman–Crippen LogP) is 0.712. The summed E-state index contributed by atoms with van der Waals surface area (Å²) < 4.78 is 10.0. The molecule has 1 atom stereocenters. The fourth-order valence-electron chi connectivity index (χ4n) is 1.15. The van der Waals surface area contributed by atoms with Crippen LogP contribution in [0.2, 0.25) is 0 Å². The molecule has 0 aromatic carbocycles. The minimum Gasteiger partial charge on any atom is -0.461 e. The van der Waals surface area contributed by atoms with Gasteiger partial charge in [-0.05, 0) is 18.6 Å². The third kappa shape index (κ3) is 2.05. The molecule has 0 aliphatic heterocycles. The summed E-state index contributed by atoms with van der Waals surface area (Å²) in [6.07, 6.45) is 1.92. The summed E-state index contributed by atoms with van der Waals surface area (Å²) in [4.78, 5) is 4.06. The summed E-state index contributed by atoms with van der Waals surface area (Å²) in [6.45, 7) is -0.0143. The van der Waals surface area contributed by atoms with Gasteiger partial charge in [-0.2, -0.15) is 4.98 Å². The predicted molar refractivity (Wildman–Crippen MR) is 50.6 cm³/mol. The zero-order valence-corrected chi connectivity index (χ0v) is 7.96. The van der Waals surface area contributed by atoms with Crippen LogP contribution in [0.15, 0.2) is 27.3 Å². The third-order valence-electron chi connectivity index (χ3n) is 1.94. The summed E-state index contributed by atoms with van der Waals surface area (Å²) >= 11 is 0. The van der Waals surface area contributed by atoms with E-state index in [0.717, 1.165) is 0 Å². The molecule has 6 nitrogen and oxygen atoms in total. The quantitative estimate of drug-likeness (QED) is 0.769. The third-order valence-corrected chi connectivity index (χ3v) is 1.94. The molecule has 0 bridgehead atoms. The van der Waals surface area contributed by atoms with Crippen molar-refractivity contribution in [3.8, 4) is 11.6 Å². The highest BCUT2D eigenvalue weighted by molar-refractivity contribution is 5.44. The van der Waals surface area contributed by atoms with Crippen LogP contribution in [0.1, 0.15) is 18.4 Å². The standard InChI is InChI=1S/C9H11N3O3/c10-6(3-4-13)9-11-8(12-15-9)7-2-1-5-14-7/h1-2,5-6,13H,3-4,10H2. The first kappa shape index (κ1) is 9.88. The van der Waals surface area contributed by atoms with Crippen molar-refractivity contribution >= 4 is 0 Å². The summed E-state index contributed by atoms with van der Waals surface area (Å²) in [5, 5.41) is 12.4. The van der Waals surface area contributed by atoms with Gasteiger partial charge in [-0.25, -0.2) is 0 Å². The minimum atomic E-state index is -0.439. The molecule has 1 unspecified atom stereocenters. The second-order valence-corrected chi connectivity index (χ2v) is 3.05.